The monoisotopic (exact) mass is 418 g/mol. The highest BCUT2D eigenvalue weighted by Crippen LogP contribution is 2.34. The van der Waals surface area contributed by atoms with Crippen LogP contribution in [0.5, 0.6) is 11.5 Å². The van der Waals surface area contributed by atoms with Crippen LogP contribution < -0.4 is 9.47 Å². The number of ether oxygens (including phenoxy) is 2. The lowest BCUT2D eigenvalue weighted by molar-refractivity contribution is 0.404. The molecular formula is C15H16ClIN2O2. The average molecular weight is 419 g/mol. The van der Waals surface area contributed by atoms with Crippen LogP contribution in [-0.2, 0) is 0 Å². The highest BCUT2D eigenvalue weighted by molar-refractivity contribution is 14.1. The predicted octanol–water partition coefficient (Wildman–Crippen LogP) is 4.54. The van der Waals surface area contributed by atoms with Gasteiger partial charge in [0.1, 0.15) is 16.7 Å². The smallest absolute Gasteiger partial charge is 0.165 e. The van der Waals surface area contributed by atoms with E-state index in [0.717, 1.165) is 20.6 Å². The fraction of sp³-hybridized carbons (Fsp3) is 0.333. The molecular weight excluding hydrogens is 403 g/mol. The van der Waals surface area contributed by atoms with Crippen molar-refractivity contribution in [3.05, 3.63) is 32.6 Å². The second kappa shape index (κ2) is 6.79. The van der Waals surface area contributed by atoms with Crippen LogP contribution in [0.15, 0.2) is 18.2 Å². The minimum atomic E-state index is 0.257. The maximum Gasteiger partial charge on any atom is 0.165 e. The van der Waals surface area contributed by atoms with Crippen LogP contribution in [0, 0.1) is 3.57 Å². The first-order valence-electron chi connectivity index (χ1n) is 6.43. The minimum Gasteiger partial charge on any atom is -0.497 e. The molecule has 4 nitrogen and oxygen atoms in total. The number of benzene rings is 1. The molecule has 0 atom stereocenters. The summed E-state index contributed by atoms with van der Waals surface area (Å²) < 4.78 is 11.5. The van der Waals surface area contributed by atoms with E-state index in [4.69, 9.17) is 21.1 Å². The van der Waals surface area contributed by atoms with Crippen molar-refractivity contribution in [2.45, 2.75) is 19.8 Å². The molecule has 21 heavy (non-hydrogen) atoms. The molecule has 1 heterocycles. The molecule has 0 unspecified atom stereocenters. The summed E-state index contributed by atoms with van der Waals surface area (Å²) >= 11 is 8.43. The van der Waals surface area contributed by atoms with E-state index in [1.165, 1.54) is 0 Å². The molecule has 0 spiro atoms. The van der Waals surface area contributed by atoms with E-state index >= 15 is 0 Å². The number of rotatable bonds is 4. The summed E-state index contributed by atoms with van der Waals surface area (Å²) in [5.41, 5.74) is 1.69. The summed E-state index contributed by atoms with van der Waals surface area (Å²) in [4.78, 5) is 9.03. The average Bonchev–Trinajstić information content (AvgIpc) is 2.48. The molecule has 0 saturated carbocycles. The second-order valence-electron chi connectivity index (χ2n) is 4.76. The third-order valence-electron chi connectivity index (χ3n) is 3.03. The van der Waals surface area contributed by atoms with Gasteiger partial charge in [-0.3, -0.25) is 0 Å². The number of nitrogens with zero attached hydrogens (tertiary/aromatic N) is 2. The Morgan fingerprint density at radius 2 is 1.86 bits per heavy atom. The standard InChI is InChI=1S/C15H16ClIN2O2/c1-8(2)13-12(17)14(16)19-15(18-13)10-7-9(20-3)5-6-11(10)21-4/h5-8H,1-4H3. The number of halogens is 2. The van der Waals surface area contributed by atoms with E-state index in [9.17, 15) is 0 Å². The van der Waals surface area contributed by atoms with Gasteiger partial charge in [0.2, 0.25) is 0 Å². The van der Waals surface area contributed by atoms with Crippen molar-refractivity contribution >= 4 is 34.2 Å². The molecule has 0 radical (unpaired) electrons. The predicted molar refractivity (Wildman–Crippen MR) is 92.4 cm³/mol. The first-order chi connectivity index (χ1) is 9.97. The van der Waals surface area contributed by atoms with Gasteiger partial charge in [-0.1, -0.05) is 25.4 Å². The summed E-state index contributed by atoms with van der Waals surface area (Å²) in [6.07, 6.45) is 0. The molecule has 0 bridgehead atoms. The number of hydrogen-bond acceptors (Lipinski definition) is 4. The van der Waals surface area contributed by atoms with Gasteiger partial charge in [-0.2, -0.15) is 0 Å². The van der Waals surface area contributed by atoms with Gasteiger partial charge in [0.15, 0.2) is 5.82 Å². The largest absolute Gasteiger partial charge is 0.497 e. The third-order valence-corrected chi connectivity index (χ3v) is 4.69. The SMILES string of the molecule is COc1ccc(OC)c(-c2nc(Cl)c(I)c(C(C)C)n2)c1. The number of hydrogen-bond donors (Lipinski definition) is 0. The van der Waals surface area contributed by atoms with E-state index in [1.807, 2.05) is 18.2 Å². The number of aromatic nitrogens is 2. The molecule has 0 fully saturated rings. The van der Waals surface area contributed by atoms with Crippen LogP contribution in [0.25, 0.3) is 11.4 Å². The van der Waals surface area contributed by atoms with Crippen LogP contribution >= 0.6 is 34.2 Å². The Labute approximate surface area is 143 Å². The molecule has 0 saturated heterocycles. The summed E-state index contributed by atoms with van der Waals surface area (Å²) in [6, 6.07) is 5.51. The molecule has 0 aliphatic rings. The van der Waals surface area contributed by atoms with Gasteiger partial charge >= 0.3 is 0 Å². The van der Waals surface area contributed by atoms with Crippen LogP contribution in [0.4, 0.5) is 0 Å². The zero-order valence-corrected chi connectivity index (χ0v) is 15.2. The highest BCUT2D eigenvalue weighted by Gasteiger charge is 2.17. The van der Waals surface area contributed by atoms with Gasteiger partial charge in [0.25, 0.3) is 0 Å². The van der Waals surface area contributed by atoms with Crippen molar-refractivity contribution < 1.29 is 9.47 Å². The molecule has 1 aromatic carbocycles. The lowest BCUT2D eigenvalue weighted by Gasteiger charge is -2.13. The van der Waals surface area contributed by atoms with E-state index in [1.54, 1.807) is 14.2 Å². The molecule has 112 valence electrons. The quantitative estimate of drug-likeness (QED) is 0.540. The Hall–Kier alpha value is -1.08. The van der Waals surface area contributed by atoms with Gasteiger partial charge < -0.3 is 9.47 Å². The first-order valence-corrected chi connectivity index (χ1v) is 7.89. The molecule has 2 aromatic rings. The Bertz CT molecular complexity index is 662. The molecule has 0 N–H and O–H groups in total. The molecule has 0 aliphatic carbocycles. The highest BCUT2D eigenvalue weighted by atomic mass is 127. The zero-order chi connectivity index (χ0) is 15.6. The summed E-state index contributed by atoms with van der Waals surface area (Å²) in [5, 5.41) is 0.453. The van der Waals surface area contributed by atoms with E-state index in [-0.39, 0.29) is 5.92 Å². The molecule has 0 amide bonds. The molecule has 6 heteroatoms. The topological polar surface area (TPSA) is 44.2 Å². The van der Waals surface area contributed by atoms with E-state index < -0.39 is 0 Å². The summed E-state index contributed by atoms with van der Waals surface area (Å²) in [5.74, 6) is 2.20. The maximum absolute atomic E-state index is 6.25. The van der Waals surface area contributed by atoms with Crippen molar-refractivity contribution in [1.82, 2.24) is 9.97 Å². The van der Waals surface area contributed by atoms with Gasteiger partial charge in [0, 0.05) is 0 Å². The normalized spacial score (nSPS) is 10.8. The third kappa shape index (κ3) is 3.40. The van der Waals surface area contributed by atoms with Crippen molar-refractivity contribution in [2.75, 3.05) is 14.2 Å². The van der Waals surface area contributed by atoms with Crippen molar-refractivity contribution in [3.8, 4) is 22.9 Å². The maximum atomic E-state index is 6.25. The minimum absolute atomic E-state index is 0.257. The van der Waals surface area contributed by atoms with Gasteiger partial charge in [-0.05, 0) is 46.7 Å². The van der Waals surface area contributed by atoms with Crippen LogP contribution in [-0.4, -0.2) is 24.2 Å². The number of methoxy groups -OCH3 is 2. The zero-order valence-electron chi connectivity index (χ0n) is 12.3. The molecule has 1 aromatic heterocycles. The van der Waals surface area contributed by atoms with Gasteiger partial charge in [-0.15, -0.1) is 0 Å². The molecule has 0 aliphatic heterocycles. The van der Waals surface area contributed by atoms with Crippen LogP contribution in [0.1, 0.15) is 25.5 Å². The Morgan fingerprint density at radius 3 is 2.43 bits per heavy atom. The summed E-state index contributed by atoms with van der Waals surface area (Å²) in [7, 11) is 3.23. The van der Waals surface area contributed by atoms with Crippen molar-refractivity contribution in [1.29, 1.82) is 0 Å². The van der Waals surface area contributed by atoms with Gasteiger partial charge in [-0.25, -0.2) is 9.97 Å². The van der Waals surface area contributed by atoms with Crippen molar-refractivity contribution in [3.63, 3.8) is 0 Å². The fourth-order valence-corrected chi connectivity index (χ4v) is 2.97. The first kappa shape index (κ1) is 16.3. The van der Waals surface area contributed by atoms with Crippen LogP contribution in [0.3, 0.4) is 0 Å². The van der Waals surface area contributed by atoms with E-state index in [0.29, 0.717) is 16.7 Å². The van der Waals surface area contributed by atoms with Gasteiger partial charge in [0.05, 0.1) is 29.0 Å². The fourth-order valence-electron chi connectivity index (χ4n) is 1.93. The summed E-state index contributed by atoms with van der Waals surface area (Å²) in [6.45, 7) is 4.15. The van der Waals surface area contributed by atoms with Crippen LogP contribution in [0.2, 0.25) is 5.15 Å². The Kier molecular flexibility index (Phi) is 5.27. The lowest BCUT2D eigenvalue weighted by atomic mass is 10.1. The lowest BCUT2D eigenvalue weighted by Crippen LogP contribution is -2.03. The van der Waals surface area contributed by atoms with E-state index in [2.05, 4.69) is 46.4 Å². The van der Waals surface area contributed by atoms with Crippen molar-refractivity contribution in [2.24, 2.45) is 0 Å². The Balaban J connectivity index is 2.66. The second-order valence-corrected chi connectivity index (χ2v) is 6.19. The molecule has 2 rings (SSSR count). The Morgan fingerprint density at radius 1 is 1.14 bits per heavy atom.